The molecule has 0 aromatic rings. The highest BCUT2D eigenvalue weighted by molar-refractivity contribution is 5.78. The van der Waals surface area contributed by atoms with Crippen LogP contribution in [0.1, 0.15) is 32.6 Å². The zero-order valence-electron chi connectivity index (χ0n) is 10.5. The van der Waals surface area contributed by atoms with Crippen molar-refractivity contribution < 1.29 is 19.4 Å². The summed E-state index contributed by atoms with van der Waals surface area (Å²) in [6.45, 7) is 5.03. The van der Waals surface area contributed by atoms with E-state index in [4.69, 9.17) is 9.47 Å². The zero-order chi connectivity index (χ0) is 12.6. The molecule has 1 heterocycles. The molecule has 0 atom stereocenters. The van der Waals surface area contributed by atoms with Crippen LogP contribution in [0.5, 0.6) is 0 Å². The van der Waals surface area contributed by atoms with Gasteiger partial charge in [-0.05, 0) is 19.3 Å². The van der Waals surface area contributed by atoms with Crippen molar-refractivity contribution in [2.75, 3.05) is 33.0 Å². The number of hydrogen-bond acceptors (Lipinski definition) is 4. The summed E-state index contributed by atoms with van der Waals surface area (Å²) in [6, 6.07) is 0. The van der Waals surface area contributed by atoms with Crippen LogP contribution in [-0.4, -0.2) is 49.6 Å². The number of carboxylic acids is 1. The normalized spacial score (nSPS) is 19.1. The zero-order valence-corrected chi connectivity index (χ0v) is 10.5. The molecule has 17 heavy (non-hydrogen) atoms. The minimum absolute atomic E-state index is 0.510. The van der Waals surface area contributed by atoms with Crippen LogP contribution in [0, 0.1) is 0 Å². The molecule has 1 aliphatic heterocycles. The molecule has 1 aliphatic rings. The Morgan fingerprint density at radius 2 is 2.12 bits per heavy atom. The lowest BCUT2D eigenvalue weighted by Crippen LogP contribution is -2.56. The molecule has 2 N–H and O–H groups in total. The van der Waals surface area contributed by atoms with E-state index in [-0.39, 0.29) is 0 Å². The minimum atomic E-state index is -0.813. The Morgan fingerprint density at radius 1 is 1.41 bits per heavy atom. The molecule has 5 nitrogen and oxygen atoms in total. The van der Waals surface area contributed by atoms with Crippen molar-refractivity contribution in [3.63, 3.8) is 0 Å². The van der Waals surface area contributed by atoms with E-state index in [1.54, 1.807) is 0 Å². The van der Waals surface area contributed by atoms with Gasteiger partial charge in [0.1, 0.15) is 5.54 Å². The quantitative estimate of drug-likeness (QED) is 0.625. The molecule has 1 fully saturated rings. The predicted molar refractivity (Wildman–Crippen MR) is 64.1 cm³/mol. The fourth-order valence-corrected chi connectivity index (χ4v) is 1.90. The number of nitrogens with one attached hydrogen (secondary N) is 1. The highest BCUT2D eigenvalue weighted by Crippen LogP contribution is 2.20. The number of hydrogen-bond donors (Lipinski definition) is 2. The monoisotopic (exact) mass is 245 g/mol. The van der Waals surface area contributed by atoms with Gasteiger partial charge < -0.3 is 14.6 Å². The van der Waals surface area contributed by atoms with Crippen LogP contribution in [0.3, 0.4) is 0 Å². The number of ether oxygens (including phenoxy) is 2. The molecule has 0 spiro atoms. The van der Waals surface area contributed by atoms with E-state index >= 15 is 0 Å². The minimum Gasteiger partial charge on any atom is -0.480 e. The van der Waals surface area contributed by atoms with Gasteiger partial charge >= 0.3 is 5.97 Å². The molecule has 1 rings (SSSR count). The number of rotatable bonds is 8. The van der Waals surface area contributed by atoms with E-state index in [0.717, 1.165) is 19.4 Å². The largest absolute Gasteiger partial charge is 0.480 e. The first kappa shape index (κ1) is 14.4. The number of carboxylic acid groups (broad SMARTS) is 1. The number of carbonyl (C=O) groups is 1. The number of unbranched alkanes of at least 4 members (excludes halogenated alkanes) is 1. The summed E-state index contributed by atoms with van der Waals surface area (Å²) in [7, 11) is 0. The molecule has 0 aliphatic carbocycles. The predicted octanol–water partition coefficient (Wildman–Crippen LogP) is 1.03. The first-order valence-electron chi connectivity index (χ1n) is 6.35. The van der Waals surface area contributed by atoms with Crippen molar-refractivity contribution in [1.82, 2.24) is 5.32 Å². The lowest BCUT2D eigenvalue weighted by molar-refractivity contribution is -0.149. The SMILES string of the molecule is CCCCOCCNC1(C(=O)O)CCOCC1. The molecule has 100 valence electrons. The van der Waals surface area contributed by atoms with E-state index in [9.17, 15) is 9.90 Å². The molecule has 0 bridgehead atoms. The van der Waals surface area contributed by atoms with Crippen LogP contribution in [0.2, 0.25) is 0 Å². The number of aliphatic carboxylic acids is 1. The van der Waals surface area contributed by atoms with E-state index in [0.29, 0.717) is 39.2 Å². The van der Waals surface area contributed by atoms with Gasteiger partial charge in [-0.2, -0.15) is 0 Å². The van der Waals surface area contributed by atoms with E-state index in [2.05, 4.69) is 12.2 Å². The Hall–Kier alpha value is -0.650. The summed E-state index contributed by atoms with van der Waals surface area (Å²) in [5, 5.41) is 12.4. The lowest BCUT2D eigenvalue weighted by Gasteiger charge is -2.34. The maximum absolute atomic E-state index is 11.3. The highest BCUT2D eigenvalue weighted by atomic mass is 16.5. The first-order valence-corrected chi connectivity index (χ1v) is 6.35. The summed E-state index contributed by atoms with van der Waals surface area (Å²) in [6.07, 6.45) is 3.22. The highest BCUT2D eigenvalue weighted by Gasteiger charge is 2.39. The van der Waals surface area contributed by atoms with Crippen LogP contribution in [0.15, 0.2) is 0 Å². The van der Waals surface area contributed by atoms with Gasteiger partial charge in [0.25, 0.3) is 0 Å². The van der Waals surface area contributed by atoms with Crippen LogP contribution in [0.25, 0.3) is 0 Å². The van der Waals surface area contributed by atoms with Crippen LogP contribution in [-0.2, 0) is 14.3 Å². The van der Waals surface area contributed by atoms with Crippen molar-refractivity contribution in [3.05, 3.63) is 0 Å². The Morgan fingerprint density at radius 3 is 2.71 bits per heavy atom. The summed E-state index contributed by atoms with van der Waals surface area (Å²) in [5.74, 6) is -0.783. The lowest BCUT2D eigenvalue weighted by atomic mass is 9.90. The average Bonchev–Trinajstić information content (AvgIpc) is 2.34. The standard InChI is InChI=1S/C12H23NO4/c1-2-3-7-16-10-6-13-12(11(14)15)4-8-17-9-5-12/h13H,2-10H2,1H3,(H,14,15). The molecule has 0 saturated carbocycles. The molecule has 0 aromatic carbocycles. The second kappa shape index (κ2) is 7.63. The van der Waals surface area contributed by atoms with E-state index in [1.165, 1.54) is 0 Å². The second-order valence-electron chi connectivity index (χ2n) is 4.39. The summed E-state index contributed by atoms with van der Waals surface area (Å²) in [5.41, 5.74) is -0.813. The molecule has 1 saturated heterocycles. The van der Waals surface area contributed by atoms with Gasteiger partial charge in [-0.15, -0.1) is 0 Å². The van der Waals surface area contributed by atoms with E-state index in [1.807, 2.05) is 0 Å². The summed E-state index contributed by atoms with van der Waals surface area (Å²) in [4.78, 5) is 11.3. The van der Waals surface area contributed by atoms with Gasteiger partial charge in [0.2, 0.25) is 0 Å². The fourth-order valence-electron chi connectivity index (χ4n) is 1.90. The van der Waals surface area contributed by atoms with Gasteiger partial charge in [0.05, 0.1) is 6.61 Å². The Kier molecular flexibility index (Phi) is 6.47. The summed E-state index contributed by atoms with van der Waals surface area (Å²) >= 11 is 0. The fraction of sp³-hybridized carbons (Fsp3) is 0.917. The van der Waals surface area contributed by atoms with Gasteiger partial charge in [-0.1, -0.05) is 13.3 Å². The van der Waals surface area contributed by atoms with Gasteiger partial charge in [0.15, 0.2) is 0 Å². The average molecular weight is 245 g/mol. The summed E-state index contributed by atoms with van der Waals surface area (Å²) < 4.78 is 10.6. The molecular formula is C12H23NO4. The van der Waals surface area contributed by atoms with Gasteiger partial charge in [-0.3, -0.25) is 10.1 Å². The van der Waals surface area contributed by atoms with Crippen LogP contribution < -0.4 is 5.32 Å². The van der Waals surface area contributed by atoms with Gasteiger partial charge in [0, 0.05) is 26.4 Å². The molecular weight excluding hydrogens is 222 g/mol. The maximum Gasteiger partial charge on any atom is 0.324 e. The van der Waals surface area contributed by atoms with Crippen molar-refractivity contribution in [3.8, 4) is 0 Å². The molecule has 0 aromatic heterocycles. The van der Waals surface area contributed by atoms with Crippen molar-refractivity contribution in [2.24, 2.45) is 0 Å². The van der Waals surface area contributed by atoms with Crippen LogP contribution in [0.4, 0.5) is 0 Å². The second-order valence-corrected chi connectivity index (χ2v) is 4.39. The Labute approximate surface area is 102 Å². The maximum atomic E-state index is 11.3. The molecule has 0 amide bonds. The molecule has 5 heteroatoms. The van der Waals surface area contributed by atoms with Crippen molar-refractivity contribution in [2.45, 2.75) is 38.1 Å². The Balaban J connectivity index is 2.23. The third kappa shape index (κ3) is 4.61. The third-order valence-electron chi connectivity index (χ3n) is 3.11. The first-order chi connectivity index (χ1) is 8.21. The molecule has 0 radical (unpaired) electrons. The Bertz CT molecular complexity index is 227. The van der Waals surface area contributed by atoms with Crippen LogP contribution >= 0.6 is 0 Å². The van der Waals surface area contributed by atoms with Gasteiger partial charge in [-0.25, -0.2) is 0 Å². The van der Waals surface area contributed by atoms with Crippen molar-refractivity contribution >= 4 is 5.97 Å². The molecule has 0 unspecified atom stereocenters. The van der Waals surface area contributed by atoms with E-state index < -0.39 is 11.5 Å². The smallest absolute Gasteiger partial charge is 0.324 e. The topological polar surface area (TPSA) is 67.8 Å². The third-order valence-corrected chi connectivity index (χ3v) is 3.11. The van der Waals surface area contributed by atoms with Crippen molar-refractivity contribution in [1.29, 1.82) is 0 Å².